The fraction of sp³-hybridized carbons (Fsp3) is 0.118. The largest absolute Gasteiger partial charge is 0.507 e. The van der Waals surface area contributed by atoms with Crippen LogP contribution >= 0.6 is 0 Å². The minimum atomic E-state index is -1.06. The number of para-hydroxylation sites is 1. The van der Waals surface area contributed by atoms with Crippen molar-refractivity contribution in [2.24, 2.45) is 0 Å². The highest BCUT2D eigenvalue weighted by molar-refractivity contribution is 6.38. The fourth-order valence-electron chi connectivity index (χ4n) is 1.83. The molecule has 0 aliphatic heterocycles. The zero-order valence-corrected chi connectivity index (χ0v) is 11.7. The van der Waals surface area contributed by atoms with Gasteiger partial charge in [0.15, 0.2) is 5.78 Å². The number of phenols is 1. The Balaban J connectivity index is 1.90. The SMILES string of the molecule is O=C(CC(=O)c1ccccc1O)C(=O)OCc1ccccc1. The van der Waals surface area contributed by atoms with Crippen LogP contribution < -0.4 is 0 Å². The standard InChI is InChI=1S/C17H14O5/c18-14-9-5-4-8-13(14)15(19)10-16(20)17(21)22-11-12-6-2-1-3-7-12/h1-9,18H,10-11H2. The Labute approximate surface area is 127 Å². The van der Waals surface area contributed by atoms with Gasteiger partial charge in [-0.15, -0.1) is 0 Å². The molecule has 2 aromatic carbocycles. The maximum absolute atomic E-state index is 11.9. The highest BCUT2D eigenvalue weighted by atomic mass is 16.5. The summed E-state index contributed by atoms with van der Waals surface area (Å²) in [7, 11) is 0. The first-order chi connectivity index (χ1) is 10.6. The van der Waals surface area contributed by atoms with Gasteiger partial charge >= 0.3 is 5.97 Å². The lowest BCUT2D eigenvalue weighted by Crippen LogP contribution is -2.20. The van der Waals surface area contributed by atoms with Crippen molar-refractivity contribution in [2.45, 2.75) is 13.0 Å². The van der Waals surface area contributed by atoms with Crippen LogP contribution in [0.3, 0.4) is 0 Å². The van der Waals surface area contributed by atoms with Crippen LogP contribution in [0.1, 0.15) is 22.3 Å². The average molecular weight is 298 g/mol. The molecular formula is C17H14O5. The summed E-state index contributed by atoms with van der Waals surface area (Å²) < 4.78 is 4.85. The van der Waals surface area contributed by atoms with E-state index in [1.165, 1.54) is 12.1 Å². The molecule has 0 atom stereocenters. The first kappa shape index (κ1) is 15.4. The molecule has 0 aliphatic rings. The number of Topliss-reactive ketones (excluding diaryl/α,β-unsaturated/α-hetero) is 2. The number of hydrogen-bond donors (Lipinski definition) is 1. The van der Waals surface area contributed by atoms with Crippen LogP contribution in [-0.4, -0.2) is 22.6 Å². The topological polar surface area (TPSA) is 80.7 Å². The summed E-state index contributed by atoms with van der Waals surface area (Å²) in [6.45, 7) is -0.0316. The quantitative estimate of drug-likeness (QED) is 0.383. The van der Waals surface area contributed by atoms with Crippen LogP contribution in [0.5, 0.6) is 5.75 Å². The molecule has 5 heteroatoms. The molecule has 1 N–H and O–H groups in total. The van der Waals surface area contributed by atoms with Gasteiger partial charge in [-0.1, -0.05) is 42.5 Å². The van der Waals surface area contributed by atoms with Crippen LogP contribution in [0.4, 0.5) is 0 Å². The van der Waals surface area contributed by atoms with E-state index < -0.39 is 24.0 Å². The molecular weight excluding hydrogens is 284 g/mol. The number of esters is 1. The summed E-state index contributed by atoms with van der Waals surface area (Å²) in [4.78, 5) is 35.1. The smallest absolute Gasteiger partial charge is 0.375 e. The number of aromatic hydroxyl groups is 1. The second-order valence-electron chi connectivity index (χ2n) is 4.60. The Bertz CT molecular complexity index is 691. The summed E-state index contributed by atoms with van der Waals surface area (Å²) in [6, 6.07) is 14.7. The Morgan fingerprint density at radius 3 is 2.23 bits per heavy atom. The van der Waals surface area contributed by atoms with Gasteiger partial charge in [0, 0.05) is 0 Å². The number of rotatable bonds is 6. The monoisotopic (exact) mass is 298 g/mol. The van der Waals surface area contributed by atoms with Gasteiger partial charge in [0.25, 0.3) is 0 Å². The van der Waals surface area contributed by atoms with E-state index >= 15 is 0 Å². The maximum atomic E-state index is 11.9. The summed E-state index contributed by atoms with van der Waals surface area (Å²) in [5.74, 6) is -2.85. The van der Waals surface area contributed by atoms with Crippen molar-refractivity contribution in [2.75, 3.05) is 0 Å². The number of benzene rings is 2. The molecule has 0 aromatic heterocycles. The zero-order chi connectivity index (χ0) is 15.9. The van der Waals surface area contributed by atoms with Gasteiger partial charge in [-0.25, -0.2) is 4.79 Å². The van der Waals surface area contributed by atoms with E-state index in [2.05, 4.69) is 0 Å². The average Bonchev–Trinajstić information content (AvgIpc) is 2.53. The molecule has 0 bridgehead atoms. The number of ether oxygens (including phenoxy) is 1. The van der Waals surface area contributed by atoms with Gasteiger partial charge in [-0.3, -0.25) is 9.59 Å². The van der Waals surface area contributed by atoms with Crippen molar-refractivity contribution >= 4 is 17.5 Å². The summed E-state index contributed by atoms with van der Waals surface area (Å²) >= 11 is 0. The molecule has 0 radical (unpaired) electrons. The Morgan fingerprint density at radius 2 is 1.55 bits per heavy atom. The third-order valence-corrected chi connectivity index (χ3v) is 2.97. The normalized spacial score (nSPS) is 10.0. The highest BCUT2D eigenvalue weighted by Crippen LogP contribution is 2.17. The minimum absolute atomic E-state index is 0.00621. The number of carbonyl (C=O) groups excluding carboxylic acids is 3. The molecule has 0 unspecified atom stereocenters. The van der Waals surface area contributed by atoms with Crippen molar-refractivity contribution in [1.29, 1.82) is 0 Å². The lowest BCUT2D eigenvalue weighted by Gasteiger charge is -2.05. The van der Waals surface area contributed by atoms with E-state index in [1.807, 2.05) is 6.07 Å². The molecule has 2 rings (SSSR count). The Hall–Kier alpha value is -2.95. The third kappa shape index (κ3) is 4.02. The van der Waals surface area contributed by atoms with Crippen LogP contribution in [0.25, 0.3) is 0 Å². The predicted molar refractivity (Wildman–Crippen MR) is 78.3 cm³/mol. The van der Waals surface area contributed by atoms with Crippen molar-refractivity contribution in [3.05, 3.63) is 65.7 Å². The van der Waals surface area contributed by atoms with Crippen molar-refractivity contribution in [1.82, 2.24) is 0 Å². The van der Waals surface area contributed by atoms with E-state index in [9.17, 15) is 19.5 Å². The number of hydrogen-bond acceptors (Lipinski definition) is 5. The van der Waals surface area contributed by atoms with Gasteiger partial charge in [-0.2, -0.15) is 0 Å². The van der Waals surface area contributed by atoms with Crippen LogP contribution in [-0.2, 0) is 20.9 Å². The number of ketones is 2. The van der Waals surface area contributed by atoms with Crippen molar-refractivity contribution in [3.8, 4) is 5.75 Å². The zero-order valence-electron chi connectivity index (χ0n) is 11.7. The van der Waals surface area contributed by atoms with Crippen LogP contribution in [0.15, 0.2) is 54.6 Å². The molecule has 0 aliphatic carbocycles. The molecule has 0 amide bonds. The Morgan fingerprint density at radius 1 is 0.909 bits per heavy atom. The second-order valence-corrected chi connectivity index (χ2v) is 4.60. The summed E-state index contributed by atoms with van der Waals surface area (Å²) in [6.07, 6.45) is -0.634. The minimum Gasteiger partial charge on any atom is -0.507 e. The number of phenolic OH excluding ortho intramolecular Hbond substituents is 1. The fourth-order valence-corrected chi connectivity index (χ4v) is 1.83. The molecule has 112 valence electrons. The molecule has 0 heterocycles. The molecule has 22 heavy (non-hydrogen) atoms. The van der Waals surface area contributed by atoms with Gasteiger partial charge in [0.05, 0.1) is 12.0 Å². The first-order valence-corrected chi connectivity index (χ1v) is 6.63. The molecule has 2 aromatic rings. The molecule has 0 fully saturated rings. The third-order valence-electron chi connectivity index (χ3n) is 2.97. The van der Waals surface area contributed by atoms with Gasteiger partial charge in [0.1, 0.15) is 12.4 Å². The summed E-state index contributed by atoms with van der Waals surface area (Å²) in [5, 5.41) is 9.54. The van der Waals surface area contributed by atoms with Gasteiger partial charge in [0.2, 0.25) is 5.78 Å². The first-order valence-electron chi connectivity index (χ1n) is 6.63. The maximum Gasteiger partial charge on any atom is 0.375 e. The van der Waals surface area contributed by atoms with Crippen LogP contribution in [0, 0.1) is 0 Å². The van der Waals surface area contributed by atoms with Crippen molar-refractivity contribution < 1.29 is 24.2 Å². The predicted octanol–water partition coefficient (Wildman–Crippen LogP) is 2.28. The Kier molecular flexibility index (Phi) is 5.03. The second kappa shape index (κ2) is 7.17. The van der Waals surface area contributed by atoms with Gasteiger partial charge < -0.3 is 9.84 Å². The van der Waals surface area contributed by atoms with E-state index in [1.54, 1.807) is 36.4 Å². The highest BCUT2D eigenvalue weighted by Gasteiger charge is 2.21. The molecule has 5 nitrogen and oxygen atoms in total. The van der Waals surface area contributed by atoms with E-state index in [-0.39, 0.29) is 17.9 Å². The summed E-state index contributed by atoms with van der Waals surface area (Å²) in [5.41, 5.74) is 0.752. The van der Waals surface area contributed by atoms with Crippen LogP contribution in [0.2, 0.25) is 0 Å². The molecule has 0 saturated heterocycles. The molecule has 0 saturated carbocycles. The van der Waals surface area contributed by atoms with E-state index in [0.29, 0.717) is 0 Å². The number of carbonyl (C=O) groups is 3. The van der Waals surface area contributed by atoms with Gasteiger partial charge in [-0.05, 0) is 17.7 Å². The lowest BCUT2D eigenvalue weighted by molar-refractivity contribution is -0.154. The lowest BCUT2D eigenvalue weighted by atomic mass is 10.1. The van der Waals surface area contributed by atoms with E-state index in [0.717, 1.165) is 5.56 Å². The molecule has 0 spiro atoms. The van der Waals surface area contributed by atoms with E-state index in [4.69, 9.17) is 4.74 Å². The van der Waals surface area contributed by atoms with Crippen molar-refractivity contribution in [3.63, 3.8) is 0 Å².